The topological polar surface area (TPSA) is 84.7 Å². The fraction of sp³-hybridized carbons (Fsp3) is 0.692. The normalized spacial score (nSPS) is 17.4. The van der Waals surface area contributed by atoms with Crippen LogP contribution in [0.2, 0.25) is 0 Å². The minimum Gasteiger partial charge on any atom is -0.328 e. The molecule has 1 aliphatic rings. The SMILES string of the molecule is C#C[C@H](NC(=O)N[C@H](C)c1nnnn1C1CC1)C(C)C. The van der Waals surface area contributed by atoms with Gasteiger partial charge < -0.3 is 10.6 Å². The Morgan fingerprint density at radius 3 is 2.65 bits per heavy atom. The van der Waals surface area contributed by atoms with Gasteiger partial charge in [-0.1, -0.05) is 19.8 Å². The van der Waals surface area contributed by atoms with Crippen molar-refractivity contribution in [2.45, 2.75) is 51.7 Å². The number of hydrogen-bond donors (Lipinski definition) is 2. The summed E-state index contributed by atoms with van der Waals surface area (Å²) in [6.45, 7) is 5.77. The summed E-state index contributed by atoms with van der Waals surface area (Å²) in [6, 6.07) is -0.487. The van der Waals surface area contributed by atoms with Gasteiger partial charge in [-0.2, -0.15) is 0 Å². The molecule has 1 heterocycles. The van der Waals surface area contributed by atoms with Crippen molar-refractivity contribution in [1.29, 1.82) is 0 Å². The molecule has 2 amide bonds. The zero-order valence-corrected chi connectivity index (χ0v) is 12.0. The maximum Gasteiger partial charge on any atom is 0.316 e. The Kier molecular flexibility index (Phi) is 4.23. The molecule has 2 atom stereocenters. The Morgan fingerprint density at radius 1 is 1.40 bits per heavy atom. The molecular weight excluding hydrogens is 256 g/mol. The van der Waals surface area contributed by atoms with Crippen LogP contribution in [0.5, 0.6) is 0 Å². The molecule has 2 N–H and O–H groups in total. The Labute approximate surface area is 118 Å². The lowest BCUT2D eigenvalue weighted by Crippen LogP contribution is -2.44. The number of hydrogen-bond acceptors (Lipinski definition) is 4. The number of carbonyl (C=O) groups excluding carboxylic acids is 1. The van der Waals surface area contributed by atoms with E-state index in [0.717, 1.165) is 12.8 Å². The van der Waals surface area contributed by atoms with Crippen LogP contribution in [0, 0.1) is 18.3 Å². The third-order valence-electron chi connectivity index (χ3n) is 3.28. The van der Waals surface area contributed by atoms with Crippen LogP contribution in [0.1, 0.15) is 51.5 Å². The van der Waals surface area contributed by atoms with E-state index in [0.29, 0.717) is 11.9 Å². The molecule has 0 bridgehead atoms. The summed E-state index contributed by atoms with van der Waals surface area (Å²) < 4.78 is 1.78. The fourth-order valence-corrected chi connectivity index (χ4v) is 1.91. The lowest BCUT2D eigenvalue weighted by Gasteiger charge is -2.19. The van der Waals surface area contributed by atoms with Gasteiger partial charge in [0.2, 0.25) is 0 Å². The summed E-state index contributed by atoms with van der Waals surface area (Å²) in [7, 11) is 0. The summed E-state index contributed by atoms with van der Waals surface area (Å²) in [6.07, 6.45) is 7.56. The van der Waals surface area contributed by atoms with Crippen LogP contribution in [0.25, 0.3) is 0 Å². The van der Waals surface area contributed by atoms with Crippen LogP contribution < -0.4 is 10.6 Å². The summed E-state index contributed by atoms with van der Waals surface area (Å²) in [4.78, 5) is 11.9. The molecule has 7 nitrogen and oxygen atoms in total. The number of nitrogens with zero attached hydrogens (tertiary/aromatic N) is 4. The van der Waals surface area contributed by atoms with Crippen molar-refractivity contribution in [3.05, 3.63) is 5.82 Å². The van der Waals surface area contributed by atoms with Gasteiger partial charge in [-0.05, 0) is 36.1 Å². The third-order valence-corrected chi connectivity index (χ3v) is 3.28. The number of aromatic nitrogens is 4. The predicted octanol–water partition coefficient (Wildman–Crippen LogP) is 1.03. The first-order valence-corrected chi connectivity index (χ1v) is 6.83. The quantitative estimate of drug-likeness (QED) is 0.787. The second-order valence-electron chi connectivity index (χ2n) is 5.44. The largest absolute Gasteiger partial charge is 0.328 e. The van der Waals surface area contributed by atoms with Crippen LogP contribution in [0.15, 0.2) is 0 Å². The van der Waals surface area contributed by atoms with Crippen molar-refractivity contribution in [3.63, 3.8) is 0 Å². The van der Waals surface area contributed by atoms with Gasteiger partial charge in [0.25, 0.3) is 0 Å². The smallest absolute Gasteiger partial charge is 0.316 e. The van der Waals surface area contributed by atoms with Gasteiger partial charge >= 0.3 is 6.03 Å². The monoisotopic (exact) mass is 276 g/mol. The highest BCUT2D eigenvalue weighted by Crippen LogP contribution is 2.35. The highest BCUT2D eigenvalue weighted by atomic mass is 16.2. The first kappa shape index (κ1) is 14.3. The maximum atomic E-state index is 11.9. The third kappa shape index (κ3) is 3.26. The summed E-state index contributed by atoms with van der Waals surface area (Å²) in [5, 5.41) is 17.2. The standard InChI is InChI=1S/C13H20N6O/c1-5-11(8(2)3)15-13(20)14-9(4)12-16-17-18-19(12)10-6-7-10/h1,8-11H,6-7H2,2-4H3,(H2,14,15,20)/t9-,11+/m1/s1. The van der Waals surface area contributed by atoms with E-state index in [2.05, 4.69) is 32.1 Å². The van der Waals surface area contributed by atoms with Crippen molar-refractivity contribution in [1.82, 2.24) is 30.8 Å². The summed E-state index contributed by atoms with van der Waals surface area (Å²) in [5.41, 5.74) is 0. The molecule has 7 heteroatoms. The zero-order valence-electron chi connectivity index (χ0n) is 12.0. The Morgan fingerprint density at radius 2 is 2.10 bits per heavy atom. The number of rotatable bonds is 5. The molecule has 2 rings (SSSR count). The number of amides is 2. The molecular formula is C13H20N6O. The van der Waals surface area contributed by atoms with E-state index in [1.165, 1.54) is 0 Å². The molecule has 1 fully saturated rings. The van der Waals surface area contributed by atoms with Crippen molar-refractivity contribution < 1.29 is 4.79 Å². The lowest BCUT2D eigenvalue weighted by atomic mass is 10.1. The van der Waals surface area contributed by atoms with Crippen LogP contribution in [-0.4, -0.2) is 32.3 Å². The van der Waals surface area contributed by atoms with E-state index in [9.17, 15) is 4.79 Å². The van der Waals surface area contributed by atoms with E-state index in [1.54, 1.807) is 4.68 Å². The molecule has 0 spiro atoms. The van der Waals surface area contributed by atoms with Crippen molar-refractivity contribution >= 4 is 6.03 Å². The van der Waals surface area contributed by atoms with E-state index in [4.69, 9.17) is 6.42 Å². The molecule has 0 aromatic carbocycles. The van der Waals surface area contributed by atoms with Gasteiger partial charge in [0.1, 0.15) is 0 Å². The first-order valence-electron chi connectivity index (χ1n) is 6.83. The van der Waals surface area contributed by atoms with Crippen molar-refractivity contribution in [3.8, 4) is 12.3 Å². The molecule has 108 valence electrons. The number of terminal acetylenes is 1. The average Bonchev–Trinajstić information content (AvgIpc) is 3.12. The molecule has 0 aliphatic heterocycles. The minimum absolute atomic E-state index is 0.179. The molecule has 0 unspecified atom stereocenters. The van der Waals surface area contributed by atoms with Crippen molar-refractivity contribution in [2.75, 3.05) is 0 Å². The molecule has 0 saturated heterocycles. The molecule has 0 radical (unpaired) electrons. The van der Waals surface area contributed by atoms with Gasteiger partial charge in [-0.25, -0.2) is 9.48 Å². The fourth-order valence-electron chi connectivity index (χ4n) is 1.91. The number of carbonyl (C=O) groups is 1. The van der Waals surface area contributed by atoms with Gasteiger partial charge in [0.05, 0.1) is 18.1 Å². The minimum atomic E-state index is -0.306. The predicted molar refractivity (Wildman–Crippen MR) is 73.6 cm³/mol. The van der Waals surface area contributed by atoms with Crippen LogP contribution in [0.3, 0.4) is 0 Å². The Hall–Kier alpha value is -2.10. The Balaban J connectivity index is 1.93. The Bertz CT molecular complexity index is 513. The van der Waals surface area contributed by atoms with Crippen LogP contribution in [-0.2, 0) is 0 Å². The van der Waals surface area contributed by atoms with Crippen LogP contribution >= 0.6 is 0 Å². The van der Waals surface area contributed by atoms with E-state index in [-0.39, 0.29) is 24.0 Å². The lowest BCUT2D eigenvalue weighted by molar-refractivity contribution is 0.233. The van der Waals surface area contributed by atoms with E-state index < -0.39 is 0 Å². The number of nitrogens with one attached hydrogen (secondary N) is 2. The second-order valence-corrected chi connectivity index (χ2v) is 5.44. The highest BCUT2D eigenvalue weighted by Gasteiger charge is 2.30. The van der Waals surface area contributed by atoms with E-state index >= 15 is 0 Å². The molecule has 1 aromatic rings. The molecule has 1 saturated carbocycles. The highest BCUT2D eigenvalue weighted by molar-refractivity contribution is 5.75. The maximum absolute atomic E-state index is 11.9. The molecule has 20 heavy (non-hydrogen) atoms. The van der Waals surface area contributed by atoms with Gasteiger partial charge in [-0.3, -0.25) is 0 Å². The summed E-state index contributed by atoms with van der Waals surface area (Å²) >= 11 is 0. The number of tetrazole rings is 1. The van der Waals surface area contributed by atoms with Gasteiger partial charge in [0, 0.05) is 0 Å². The molecule has 1 aromatic heterocycles. The van der Waals surface area contributed by atoms with Gasteiger partial charge in [0.15, 0.2) is 5.82 Å². The first-order chi connectivity index (χ1) is 9.52. The zero-order chi connectivity index (χ0) is 14.7. The van der Waals surface area contributed by atoms with Crippen LogP contribution in [0.4, 0.5) is 4.79 Å². The van der Waals surface area contributed by atoms with E-state index in [1.807, 2.05) is 20.8 Å². The summed E-state index contributed by atoms with van der Waals surface area (Å²) in [5.74, 6) is 3.41. The molecule has 1 aliphatic carbocycles. The number of urea groups is 1. The second kappa shape index (κ2) is 5.90. The average molecular weight is 276 g/mol. The van der Waals surface area contributed by atoms with Gasteiger partial charge in [-0.15, -0.1) is 11.5 Å². The van der Waals surface area contributed by atoms with Crippen molar-refractivity contribution in [2.24, 2.45) is 5.92 Å².